The summed E-state index contributed by atoms with van der Waals surface area (Å²) in [6, 6.07) is 17.2. The first-order chi connectivity index (χ1) is 18.4. The van der Waals surface area contributed by atoms with E-state index in [4.69, 9.17) is 21.3 Å². The van der Waals surface area contributed by atoms with Crippen molar-refractivity contribution in [3.05, 3.63) is 76.4 Å². The fourth-order valence-corrected chi connectivity index (χ4v) is 5.91. The SMILES string of the molecule is COc1cccc(C(=O)N2CCN(c3cc(Cl)nc(SCC(=O)N4CCc5ccccc5C4)n3)CC2C)c1. The third-order valence-electron chi connectivity index (χ3n) is 7.00. The molecular formula is C28H30ClN5O3S. The van der Waals surface area contributed by atoms with Crippen molar-refractivity contribution in [3.8, 4) is 5.75 Å². The number of rotatable bonds is 6. The van der Waals surface area contributed by atoms with Crippen LogP contribution in [0.3, 0.4) is 0 Å². The number of anilines is 1. The number of aromatic nitrogens is 2. The molecule has 38 heavy (non-hydrogen) atoms. The molecular weight excluding hydrogens is 522 g/mol. The van der Waals surface area contributed by atoms with Crippen LogP contribution in [0.25, 0.3) is 0 Å². The van der Waals surface area contributed by atoms with E-state index in [1.807, 2.05) is 47.1 Å². The number of ether oxygens (including phenoxy) is 1. The second-order valence-electron chi connectivity index (χ2n) is 9.48. The van der Waals surface area contributed by atoms with Gasteiger partial charge in [0.1, 0.15) is 16.7 Å². The largest absolute Gasteiger partial charge is 0.497 e. The van der Waals surface area contributed by atoms with Crippen LogP contribution in [0.5, 0.6) is 5.75 Å². The van der Waals surface area contributed by atoms with Crippen LogP contribution < -0.4 is 9.64 Å². The van der Waals surface area contributed by atoms with Gasteiger partial charge in [-0.25, -0.2) is 9.97 Å². The maximum atomic E-state index is 13.1. The minimum absolute atomic E-state index is 0.0214. The van der Waals surface area contributed by atoms with Crippen molar-refractivity contribution in [1.29, 1.82) is 0 Å². The first kappa shape index (κ1) is 26.3. The Kier molecular flexibility index (Phi) is 8.04. The number of hydrogen-bond donors (Lipinski definition) is 0. The Morgan fingerprint density at radius 1 is 1.05 bits per heavy atom. The van der Waals surface area contributed by atoms with Gasteiger partial charge in [0.05, 0.1) is 12.9 Å². The minimum atomic E-state index is -0.0316. The molecule has 198 valence electrons. The number of fused-ring (bicyclic) bond motifs is 1. The van der Waals surface area contributed by atoms with E-state index in [0.717, 1.165) is 6.42 Å². The molecule has 1 aromatic heterocycles. The number of piperazine rings is 1. The van der Waals surface area contributed by atoms with Crippen LogP contribution in [0.4, 0.5) is 5.82 Å². The van der Waals surface area contributed by atoms with Crippen molar-refractivity contribution < 1.29 is 14.3 Å². The fraction of sp³-hybridized carbons (Fsp3) is 0.357. The number of thioether (sulfide) groups is 1. The van der Waals surface area contributed by atoms with Gasteiger partial charge in [0.15, 0.2) is 5.16 Å². The third kappa shape index (κ3) is 5.89. The maximum absolute atomic E-state index is 13.1. The van der Waals surface area contributed by atoms with Gasteiger partial charge in [-0.2, -0.15) is 0 Å². The van der Waals surface area contributed by atoms with Crippen molar-refractivity contribution in [2.75, 3.05) is 43.9 Å². The summed E-state index contributed by atoms with van der Waals surface area (Å²) in [6.07, 6.45) is 0.870. The van der Waals surface area contributed by atoms with Gasteiger partial charge in [-0.15, -0.1) is 0 Å². The normalized spacial score (nSPS) is 17.2. The number of carbonyl (C=O) groups is 2. The summed E-state index contributed by atoms with van der Waals surface area (Å²) in [5.41, 5.74) is 3.12. The van der Waals surface area contributed by atoms with Gasteiger partial charge < -0.3 is 19.4 Å². The molecule has 2 aliphatic rings. The molecule has 1 fully saturated rings. The van der Waals surface area contributed by atoms with E-state index in [-0.39, 0.29) is 23.6 Å². The Balaban J connectivity index is 1.20. The molecule has 3 aromatic rings. The molecule has 0 radical (unpaired) electrons. The van der Waals surface area contributed by atoms with Crippen LogP contribution in [0.15, 0.2) is 59.8 Å². The lowest BCUT2D eigenvalue weighted by Crippen LogP contribution is -2.54. The molecule has 0 bridgehead atoms. The lowest BCUT2D eigenvalue weighted by atomic mass is 10.00. The summed E-state index contributed by atoms with van der Waals surface area (Å²) in [5.74, 6) is 1.65. The van der Waals surface area contributed by atoms with Crippen LogP contribution >= 0.6 is 23.4 Å². The van der Waals surface area contributed by atoms with Gasteiger partial charge in [-0.1, -0.05) is 53.7 Å². The molecule has 1 atom stereocenters. The smallest absolute Gasteiger partial charge is 0.254 e. The Labute approximate surface area is 231 Å². The Morgan fingerprint density at radius 3 is 2.66 bits per heavy atom. The topological polar surface area (TPSA) is 78.9 Å². The lowest BCUT2D eigenvalue weighted by molar-refractivity contribution is -0.129. The number of carbonyl (C=O) groups excluding carboxylic acids is 2. The van der Waals surface area contributed by atoms with E-state index in [2.05, 4.69) is 22.0 Å². The van der Waals surface area contributed by atoms with E-state index in [9.17, 15) is 9.59 Å². The number of amides is 2. The molecule has 1 unspecified atom stereocenters. The van der Waals surface area contributed by atoms with Crippen LogP contribution in [0.2, 0.25) is 5.15 Å². The van der Waals surface area contributed by atoms with Gasteiger partial charge >= 0.3 is 0 Å². The highest BCUT2D eigenvalue weighted by Crippen LogP contribution is 2.26. The standard InChI is InChI=1S/C28H30ClN5O3S/c1-19-16-32(12-13-34(19)27(36)21-8-5-9-23(14-21)37-2)25-15-24(29)30-28(31-25)38-18-26(35)33-11-10-20-6-3-4-7-22(20)17-33/h3-9,14-15,19H,10-13,16-18H2,1-2H3. The molecule has 0 saturated carbocycles. The summed E-state index contributed by atoms with van der Waals surface area (Å²) >= 11 is 7.65. The maximum Gasteiger partial charge on any atom is 0.254 e. The van der Waals surface area contributed by atoms with Crippen molar-refractivity contribution in [2.45, 2.75) is 31.1 Å². The van der Waals surface area contributed by atoms with Crippen LogP contribution in [0, 0.1) is 0 Å². The Morgan fingerprint density at radius 2 is 1.87 bits per heavy atom. The van der Waals surface area contributed by atoms with Gasteiger partial charge in [0.2, 0.25) is 5.91 Å². The quantitative estimate of drug-likeness (QED) is 0.258. The molecule has 5 rings (SSSR count). The molecule has 0 spiro atoms. The van der Waals surface area contributed by atoms with Gasteiger partial charge in [-0.05, 0) is 42.7 Å². The monoisotopic (exact) mass is 551 g/mol. The zero-order valence-electron chi connectivity index (χ0n) is 21.5. The van der Waals surface area contributed by atoms with Gasteiger partial charge in [0.25, 0.3) is 5.91 Å². The highest BCUT2D eigenvalue weighted by Gasteiger charge is 2.29. The predicted octanol–water partition coefficient (Wildman–Crippen LogP) is 4.17. The van der Waals surface area contributed by atoms with Crippen LogP contribution in [-0.4, -0.2) is 76.7 Å². The van der Waals surface area contributed by atoms with Crippen LogP contribution in [0.1, 0.15) is 28.4 Å². The molecule has 2 amide bonds. The van der Waals surface area contributed by atoms with Gasteiger partial charge in [-0.3, -0.25) is 9.59 Å². The average Bonchev–Trinajstić information content (AvgIpc) is 2.95. The number of hydrogen-bond acceptors (Lipinski definition) is 7. The molecule has 2 aromatic carbocycles. The van der Waals surface area contributed by atoms with Crippen LogP contribution in [-0.2, 0) is 17.8 Å². The minimum Gasteiger partial charge on any atom is -0.497 e. The molecule has 8 nitrogen and oxygen atoms in total. The molecule has 0 N–H and O–H groups in total. The summed E-state index contributed by atoms with van der Waals surface area (Å²) in [6.45, 7) is 5.15. The number of halogens is 1. The highest BCUT2D eigenvalue weighted by molar-refractivity contribution is 7.99. The number of nitrogens with zero attached hydrogens (tertiary/aromatic N) is 5. The van der Waals surface area contributed by atoms with E-state index in [1.54, 1.807) is 19.2 Å². The average molecular weight is 552 g/mol. The predicted molar refractivity (Wildman–Crippen MR) is 149 cm³/mol. The van der Waals surface area contributed by atoms with E-state index in [0.29, 0.717) is 60.2 Å². The Hall–Kier alpha value is -3.30. The van der Waals surface area contributed by atoms with Crippen molar-refractivity contribution >= 4 is 41.0 Å². The molecule has 10 heteroatoms. The number of methoxy groups -OCH3 is 1. The van der Waals surface area contributed by atoms with Gasteiger partial charge in [0, 0.05) is 50.4 Å². The summed E-state index contributed by atoms with van der Waals surface area (Å²) in [4.78, 5) is 41.0. The summed E-state index contributed by atoms with van der Waals surface area (Å²) in [5, 5.41) is 0.806. The number of benzene rings is 2. The zero-order chi connectivity index (χ0) is 26.6. The zero-order valence-corrected chi connectivity index (χ0v) is 23.0. The van der Waals surface area contributed by atoms with Crippen molar-refractivity contribution in [1.82, 2.24) is 19.8 Å². The Bertz CT molecular complexity index is 1340. The first-order valence-electron chi connectivity index (χ1n) is 12.6. The second kappa shape index (κ2) is 11.6. The molecule has 0 aliphatic carbocycles. The first-order valence-corrected chi connectivity index (χ1v) is 14.0. The highest BCUT2D eigenvalue weighted by atomic mass is 35.5. The van der Waals surface area contributed by atoms with E-state index in [1.165, 1.54) is 22.9 Å². The molecule has 2 aliphatic heterocycles. The molecule has 1 saturated heterocycles. The fourth-order valence-electron chi connectivity index (χ4n) is 4.93. The lowest BCUT2D eigenvalue weighted by Gasteiger charge is -2.40. The third-order valence-corrected chi connectivity index (χ3v) is 8.02. The van der Waals surface area contributed by atoms with Crippen molar-refractivity contribution in [3.63, 3.8) is 0 Å². The summed E-state index contributed by atoms with van der Waals surface area (Å²) < 4.78 is 5.27. The second-order valence-corrected chi connectivity index (χ2v) is 10.8. The summed E-state index contributed by atoms with van der Waals surface area (Å²) in [7, 11) is 1.59. The van der Waals surface area contributed by atoms with E-state index < -0.39 is 0 Å². The van der Waals surface area contributed by atoms with Crippen molar-refractivity contribution in [2.24, 2.45) is 0 Å². The molecule has 3 heterocycles. The van der Waals surface area contributed by atoms with E-state index >= 15 is 0 Å².